The molecule has 0 bridgehead atoms. The van der Waals surface area contributed by atoms with Crippen LogP contribution in [0.1, 0.15) is 58.8 Å². The molecule has 0 aliphatic heterocycles. The molecule has 0 aromatic heterocycles. The number of aliphatic hydroxyl groups is 1. The number of hydrogen-bond donors (Lipinski definition) is 1. The molecule has 1 aliphatic rings. The van der Waals surface area contributed by atoms with E-state index >= 15 is 0 Å². The van der Waals surface area contributed by atoms with E-state index in [0.717, 1.165) is 18.8 Å². The minimum Gasteiger partial charge on any atom is -0.396 e. The first-order chi connectivity index (χ1) is 7.26. The van der Waals surface area contributed by atoms with E-state index in [1.807, 2.05) is 0 Å². The van der Waals surface area contributed by atoms with E-state index in [2.05, 4.69) is 13.8 Å². The van der Waals surface area contributed by atoms with Gasteiger partial charge < -0.3 is 9.84 Å². The van der Waals surface area contributed by atoms with E-state index in [1.165, 1.54) is 32.1 Å². The van der Waals surface area contributed by atoms with Gasteiger partial charge in [0.05, 0.1) is 12.2 Å². The van der Waals surface area contributed by atoms with E-state index in [4.69, 9.17) is 9.84 Å². The van der Waals surface area contributed by atoms with Crippen molar-refractivity contribution in [1.29, 1.82) is 0 Å². The van der Waals surface area contributed by atoms with E-state index in [1.54, 1.807) is 0 Å². The summed E-state index contributed by atoms with van der Waals surface area (Å²) in [5.74, 6) is 0.842. The summed E-state index contributed by atoms with van der Waals surface area (Å²) >= 11 is 0. The van der Waals surface area contributed by atoms with Gasteiger partial charge in [-0.1, -0.05) is 6.92 Å². The second-order valence-electron chi connectivity index (χ2n) is 4.86. The molecule has 0 aromatic rings. The van der Waals surface area contributed by atoms with Crippen LogP contribution in [-0.4, -0.2) is 23.9 Å². The van der Waals surface area contributed by atoms with Crippen LogP contribution in [0.2, 0.25) is 0 Å². The highest BCUT2D eigenvalue weighted by Crippen LogP contribution is 2.29. The van der Waals surface area contributed by atoms with Gasteiger partial charge in [-0.05, 0) is 57.8 Å². The van der Waals surface area contributed by atoms with Crippen molar-refractivity contribution >= 4 is 0 Å². The predicted octanol–water partition coefficient (Wildman–Crippen LogP) is 3.13. The van der Waals surface area contributed by atoms with E-state index in [9.17, 15) is 0 Å². The van der Waals surface area contributed by atoms with Crippen molar-refractivity contribution in [3.63, 3.8) is 0 Å². The van der Waals surface area contributed by atoms with Gasteiger partial charge >= 0.3 is 0 Å². The Morgan fingerprint density at radius 1 is 1.27 bits per heavy atom. The molecule has 2 nitrogen and oxygen atoms in total. The average Bonchev–Trinajstić information content (AvgIpc) is 2.28. The van der Waals surface area contributed by atoms with Gasteiger partial charge in [0.1, 0.15) is 0 Å². The smallest absolute Gasteiger partial charge is 0.0579 e. The van der Waals surface area contributed by atoms with Crippen LogP contribution in [0.5, 0.6) is 0 Å². The lowest BCUT2D eigenvalue weighted by Crippen LogP contribution is -2.25. The third-order valence-corrected chi connectivity index (χ3v) is 3.56. The number of aliphatic hydroxyl groups excluding tert-OH is 1. The molecule has 1 N–H and O–H groups in total. The molecule has 1 unspecified atom stereocenters. The maximum absolute atomic E-state index is 8.78. The van der Waals surface area contributed by atoms with Gasteiger partial charge in [0.2, 0.25) is 0 Å². The molecule has 1 saturated carbocycles. The molecule has 1 atom stereocenters. The topological polar surface area (TPSA) is 29.5 Å². The maximum Gasteiger partial charge on any atom is 0.0579 e. The molecule has 0 radical (unpaired) electrons. The molecular weight excluding hydrogens is 188 g/mol. The predicted molar refractivity (Wildman–Crippen MR) is 62.9 cm³/mol. The van der Waals surface area contributed by atoms with E-state index in [0.29, 0.717) is 18.8 Å². The van der Waals surface area contributed by atoms with Crippen LogP contribution in [0.3, 0.4) is 0 Å². The largest absolute Gasteiger partial charge is 0.396 e. The summed E-state index contributed by atoms with van der Waals surface area (Å²) in [6.45, 7) is 4.69. The second kappa shape index (κ2) is 7.24. The van der Waals surface area contributed by atoms with Crippen molar-refractivity contribution in [3.05, 3.63) is 0 Å². The fourth-order valence-electron chi connectivity index (χ4n) is 2.36. The molecule has 0 aromatic carbocycles. The fourth-order valence-corrected chi connectivity index (χ4v) is 2.36. The molecule has 2 heteroatoms. The molecule has 90 valence electrons. The van der Waals surface area contributed by atoms with Crippen molar-refractivity contribution in [1.82, 2.24) is 0 Å². The SMILES string of the molecule is CCC(C)OC1CCC(CCCO)CC1. The highest BCUT2D eigenvalue weighted by atomic mass is 16.5. The van der Waals surface area contributed by atoms with Crippen LogP contribution in [0.4, 0.5) is 0 Å². The van der Waals surface area contributed by atoms with Gasteiger partial charge in [0.15, 0.2) is 0 Å². The normalized spacial score (nSPS) is 29.0. The first-order valence-electron chi connectivity index (χ1n) is 6.52. The Balaban J connectivity index is 2.12. The van der Waals surface area contributed by atoms with E-state index in [-0.39, 0.29) is 0 Å². The lowest BCUT2D eigenvalue weighted by atomic mass is 9.84. The fraction of sp³-hybridized carbons (Fsp3) is 1.00. The highest BCUT2D eigenvalue weighted by Gasteiger charge is 2.22. The van der Waals surface area contributed by atoms with Gasteiger partial charge in [0, 0.05) is 6.61 Å². The third-order valence-electron chi connectivity index (χ3n) is 3.56. The summed E-state index contributed by atoms with van der Waals surface area (Å²) in [5.41, 5.74) is 0. The lowest BCUT2D eigenvalue weighted by molar-refractivity contribution is -0.0300. The van der Waals surface area contributed by atoms with Crippen LogP contribution < -0.4 is 0 Å². The van der Waals surface area contributed by atoms with E-state index < -0.39 is 0 Å². The summed E-state index contributed by atoms with van der Waals surface area (Å²) in [4.78, 5) is 0. The summed E-state index contributed by atoms with van der Waals surface area (Å²) in [6, 6.07) is 0. The van der Waals surface area contributed by atoms with Gasteiger partial charge in [-0.15, -0.1) is 0 Å². The zero-order valence-electron chi connectivity index (χ0n) is 10.2. The Bertz CT molecular complexity index is 151. The molecular formula is C13H26O2. The Kier molecular flexibility index (Phi) is 6.26. The Morgan fingerprint density at radius 3 is 2.47 bits per heavy atom. The third kappa shape index (κ3) is 4.98. The summed E-state index contributed by atoms with van der Waals surface area (Å²) in [5, 5.41) is 8.78. The van der Waals surface area contributed by atoms with Gasteiger partial charge in [-0.25, -0.2) is 0 Å². The molecule has 0 amide bonds. The number of rotatable bonds is 6. The Labute approximate surface area is 94.0 Å². The standard InChI is InChI=1S/C13H26O2/c1-3-11(2)15-13-8-6-12(7-9-13)5-4-10-14/h11-14H,3-10H2,1-2H3. The second-order valence-corrected chi connectivity index (χ2v) is 4.86. The van der Waals surface area contributed by atoms with Crippen LogP contribution in [0, 0.1) is 5.92 Å². The molecule has 0 spiro atoms. The number of hydrogen-bond acceptors (Lipinski definition) is 2. The van der Waals surface area contributed by atoms with Crippen molar-refractivity contribution < 1.29 is 9.84 Å². The first-order valence-corrected chi connectivity index (χ1v) is 6.52. The van der Waals surface area contributed by atoms with Crippen LogP contribution in [0.15, 0.2) is 0 Å². The van der Waals surface area contributed by atoms with Crippen LogP contribution in [-0.2, 0) is 4.74 Å². The molecule has 0 saturated heterocycles. The summed E-state index contributed by atoms with van der Waals surface area (Å²) in [7, 11) is 0. The Morgan fingerprint density at radius 2 is 1.93 bits per heavy atom. The molecule has 1 fully saturated rings. The molecule has 1 aliphatic carbocycles. The minimum absolute atomic E-state index is 0.350. The van der Waals surface area contributed by atoms with Crippen molar-refractivity contribution in [2.24, 2.45) is 5.92 Å². The van der Waals surface area contributed by atoms with Gasteiger partial charge in [-0.2, -0.15) is 0 Å². The van der Waals surface area contributed by atoms with Crippen LogP contribution in [0.25, 0.3) is 0 Å². The van der Waals surface area contributed by atoms with Crippen molar-refractivity contribution in [3.8, 4) is 0 Å². The highest BCUT2D eigenvalue weighted by molar-refractivity contribution is 4.73. The van der Waals surface area contributed by atoms with Crippen molar-refractivity contribution in [2.75, 3.05) is 6.61 Å². The van der Waals surface area contributed by atoms with Crippen molar-refractivity contribution in [2.45, 2.75) is 71.0 Å². The number of ether oxygens (including phenoxy) is 1. The average molecular weight is 214 g/mol. The monoisotopic (exact) mass is 214 g/mol. The molecule has 1 rings (SSSR count). The zero-order valence-corrected chi connectivity index (χ0v) is 10.2. The quantitative estimate of drug-likeness (QED) is 0.736. The van der Waals surface area contributed by atoms with Gasteiger partial charge in [-0.3, -0.25) is 0 Å². The first kappa shape index (κ1) is 13.0. The molecule has 0 heterocycles. The summed E-state index contributed by atoms with van der Waals surface area (Å²) < 4.78 is 5.94. The molecule has 15 heavy (non-hydrogen) atoms. The Hall–Kier alpha value is -0.0800. The lowest BCUT2D eigenvalue weighted by Gasteiger charge is -2.30. The summed E-state index contributed by atoms with van der Waals surface area (Å²) in [6.07, 6.45) is 9.25. The maximum atomic E-state index is 8.78. The minimum atomic E-state index is 0.350. The van der Waals surface area contributed by atoms with Crippen LogP contribution >= 0.6 is 0 Å². The zero-order chi connectivity index (χ0) is 11.1. The van der Waals surface area contributed by atoms with Gasteiger partial charge in [0.25, 0.3) is 0 Å².